The number of hydrogen-bond acceptors (Lipinski definition) is 7. The molecule has 16 heteroatoms. The fourth-order valence-electron chi connectivity index (χ4n) is 3.28. The van der Waals surface area contributed by atoms with E-state index in [2.05, 4.69) is 24.9 Å². The van der Waals surface area contributed by atoms with Crippen molar-refractivity contribution in [1.29, 1.82) is 0 Å². The molecule has 1 aliphatic heterocycles. The molecule has 0 spiro atoms. The van der Waals surface area contributed by atoms with Crippen molar-refractivity contribution in [3.05, 3.63) is 36.5 Å². The lowest BCUT2D eigenvalue weighted by Crippen LogP contribution is -2.28. The fourth-order valence-corrected chi connectivity index (χ4v) is 3.56. The summed E-state index contributed by atoms with van der Waals surface area (Å²) >= 11 is -0.705. The van der Waals surface area contributed by atoms with E-state index >= 15 is 0 Å². The van der Waals surface area contributed by atoms with Gasteiger partial charge in [0.15, 0.2) is 5.82 Å². The molecule has 0 saturated carbocycles. The Bertz CT molecular complexity index is 1190. The van der Waals surface area contributed by atoms with Gasteiger partial charge in [0.25, 0.3) is 0 Å². The Morgan fingerprint density at radius 1 is 1.31 bits per heavy atom. The monoisotopic (exact) mass is 536 g/mol. The van der Waals surface area contributed by atoms with E-state index in [1.165, 1.54) is 18.2 Å². The van der Waals surface area contributed by atoms with Gasteiger partial charge >= 0.3 is 11.9 Å². The van der Waals surface area contributed by atoms with Crippen LogP contribution in [-0.4, -0.2) is 46.2 Å². The van der Waals surface area contributed by atoms with Crippen molar-refractivity contribution in [3.63, 3.8) is 0 Å². The van der Waals surface area contributed by atoms with Crippen LogP contribution in [0.1, 0.15) is 6.92 Å². The SMILES string of the molecule is C[C@H]1C(=O)NC[C@@H]1C(=O)Nc1cc(-c2cccc(OC(F)(F)F)c2)n(/C(C=NSC(F)(F)F)=C/N)n1. The Labute approximate surface area is 203 Å². The van der Waals surface area contributed by atoms with Crippen LogP contribution in [0.15, 0.2) is 40.9 Å². The summed E-state index contributed by atoms with van der Waals surface area (Å²) in [6.45, 7) is 1.65. The molecule has 2 atom stereocenters. The van der Waals surface area contributed by atoms with Crippen molar-refractivity contribution < 1.29 is 40.7 Å². The maximum Gasteiger partial charge on any atom is 0.573 e. The smallest absolute Gasteiger partial charge is 0.406 e. The second kappa shape index (κ2) is 10.5. The fraction of sp³-hybridized carbons (Fsp3) is 0.300. The number of aromatic nitrogens is 2. The third-order valence-electron chi connectivity index (χ3n) is 4.93. The molecule has 1 saturated heterocycles. The lowest BCUT2D eigenvalue weighted by molar-refractivity contribution is -0.274. The van der Waals surface area contributed by atoms with Gasteiger partial charge in [0.05, 0.1) is 35.5 Å². The summed E-state index contributed by atoms with van der Waals surface area (Å²) in [5.41, 5.74) is 0.842. The van der Waals surface area contributed by atoms with Gasteiger partial charge in [0.1, 0.15) is 5.75 Å². The highest BCUT2D eigenvalue weighted by Crippen LogP contribution is 2.33. The average molecular weight is 536 g/mol. The largest absolute Gasteiger partial charge is 0.573 e. The van der Waals surface area contributed by atoms with Crippen molar-refractivity contribution in [2.75, 3.05) is 11.9 Å². The number of nitrogens with zero attached hydrogens (tertiary/aromatic N) is 3. The summed E-state index contributed by atoms with van der Waals surface area (Å²) < 4.78 is 83.6. The van der Waals surface area contributed by atoms with Gasteiger partial charge in [0.2, 0.25) is 11.8 Å². The number of nitrogens with two attached hydrogens (primary N) is 1. The first-order valence-electron chi connectivity index (χ1n) is 10.0. The number of allylic oxidation sites excluding steroid dienone is 1. The quantitative estimate of drug-likeness (QED) is 0.281. The minimum absolute atomic E-state index is 0.0479. The van der Waals surface area contributed by atoms with Crippen LogP contribution in [0, 0.1) is 11.8 Å². The van der Waals surface area contributed by atoms with Crippen LogP contribution in [0.5, 0.6) is 5.75 Å². The third-order valence-corrected chi connectivity index (χ3v) is 5.35. The maximum atomic E-state index is 12.7. The Kier molecular flexibility index (Phi) is 7.86. The van der Waals surface area contributed by atoms with Crippen LogP contribution >= 0.6 is 11.9 Å². The molecule has 1 aliphatic rings. The number of anilines is 1. The molecule has 9 nitrogen and oxygen atoms in total. The van der Waals surface area contributed by atoms with E-state index in [1.807, 2.05) is 0 Å². The molecule has 2 amide bonds. The van der Waals surface area contributed by atoms with Crippen LogP contribution < -0.4 is 21.1 Å². The number of nitrogens with one attached hydrogen (secondary N) is 2. The van der Waals surface area contributed by atoms with Gasteiger partial charge in [-0.05, 0) is 12.1 Å². The topological polar surface area (TPSA) is 124 Å². The van der Waals surface area contributed by atoms with Crippen molar-refractivity contribution in [1.82, 2.24) is 15.1 Å². The van der Waals surface area contributed by atoms with Crippen LogP contribution in [0.2, 0.25) is 0 Å². The summed E-state index contributed by atoms with van der Waals surface area (Å²) in [7, 11) is 0. The standard InChI is InChI=1S/C20H18F6N6O3S/c1-10-14(9-28-17(10)33)18(34)30-16-6-15(11-3-2-4-13(5-11)35-19(21,22)23)32(31-16)12(7-27)8-29-36-20(24,25)26/h2-8,10,14H,9,27H2,1H3,(H,28,33)(H,30,31,34)/b12-7+,29-8?/t10-,14+/m1/s1. The molecule has 1 fully saturated rings. The average Bonchev–Trinajstić information content (AvgIpc) is 3.33. The highest BCUT2D eigenvalue weighted by Gasteiger charge is 2.36. The predicted octanol–water partition coefficient (Wildman–Crippen LogP) is 3.77. The third kappa shape index (κ3) is 6.93. The van der Waals surface area contributed by atoms with E-state index in [0.717, 1.165) is 29.2 Å². The molecular weight excluding hydrogens is 518 g/mol. The first-order valence-corrected chi connectivity index (χ1v) is 10.8. The number of carbonyl (C=O) groups is 2. The molecule has 194 valence electrons. The van der Waals surface area contributed by atoms with Crippen LogP contribution in [0.4, 0.5) is 32.2 Å². The van der Waals surface area contributed by atoms with Crippen LogP contribution in [-0.2, 0) is 9.59 Å². The zero-order valence-corrected chi connectivity index (χ0v) is 19.0. The van der Waals surface area contributed by atoms with Gasteiger partial charge in [0, 0.05) is 30.3 Å². The minimum atomic E-state index is -4.97. The Hall–Kier alpha value is -3.69. The van der Waals surface area contributed by atoms with Gasteiger partial charge < -0.3 is 21.1 Å². The van der Waals surface area contributed by atoms with Crippen molar-refractivity contribution in [2.24, 2.45) is 22.0 Å². The van der Waals surface area contributed by atoms with Crippen LogP contribution in [0.3, 0.4) is 0 Å². The molecule has 1 aromatic carbocycles. The molecular formula is C20H18F6N6O3S. The summed E-state index contributed by atoms with van der Waals surface area (Å²) in [6, 6.07) is 5.98. The summed E-state index contributed by atoms with van der Waals surface area (Å²) in [5, 5.41) is 9.17. The highest BCUT2D eigenvalue weighted by molar-refractivity contribution is 7.99. The number of rotatable bonds is 7. The molecule has 4 N–H and O–H groups in total. The molecule has 3 rings (SSSR count). The van der Waals surface area contributed by atoms with E-state index in [0.29, 0.717) is 0 Å². The van der Waals surface area contributed by atoms with Gasteiger partial charge in [-0.15, -0.1) is 18.3 Å². The Balaban J connectivity index is 1.99. The van der Waals surface area contributed by atoms with E-state index in [-0.39, 0.29) is 35.2 Å². The minimum Gasteiger partial charge on any atom is -0.406 e. The number of halogens is 6. The first kappa shape index (κ1) is 26.9. The number of carbonyl (C=O) groups excluding carboxylic acids is 2. The zero-order valence-electron chi connectivity index (χ0n) is 18.2. The van der Waals surface area contributed by atoms with Gasteiger partial charge in [-0.3, -0.25) is 9.59 Å². The first-order chi connectivity index (χ1) is 16.8. The second-order valence-electron chi connectivity index (χ2n) is 7.39. The molecule has 36 heavy (non-hydrogen) atoms. The Morgan fingerprint density at radius 2 is 2.03 bits per heavy atom. The molecule has 0 aliphatic carbocycles. The normalized spacial score (nSPS) is 19.0. The summed E-state index contributed by atoms with van der Waals surface area (Å²) in [5.74, 6) is -2.87. The van der Waals surface area contributed by atoms with Gasteiger partial charge in [-0.25, -0.2) is 9.08 Å². The van der Waals surface area contributed by atoms with Crippen LogP contribution in [0.25, 0.3) is 17.0 Å². The van der Waals surface area contributed by atoms with E-state index in [1.54, 1.807) is 6.92 Å². The highest BCUT2D eigenvalue weighted by atomic mass is 32.2. The maximum absolute atomic E-state index is 12.7. The predicted molar refractivity (Wildman–Crippen MR) is 119 cm³/mol. The summed E-state index contributed by atoms with van der Waals surface area (Å²) in [6.07, 6.45) is -3.34. The molecule has 0 radical (unpaired) electrons. The van der Waals surface area contributed by atoms with Gasteiger partial charge in [-0.1, -0.05) is 19.1 Å². The molecule has 2 aromatic rings. The lowest BCUT2D eigenvalue weighted by Gasteiger charge is -2.11. The molecule has 0 unspecified atom stereocenters. The Morgan fingerprint density at radius 3 is 2.61 bits per heavy atom. The number of hydrogen-bond donors (Lipinski definition) is 3. The molecule has 0 bridgehead atoms. The van der Waals surface area contributed by atoms with Crippen molar-refractivity contribution >= 4 is 41.5 Å². The van der Waals surface area contributed by atoms with Crippen molar-refractivity contribution in [2.45, 2.75) is 18.8 Å². The van der Waals surface area contributed by atoms with Crippen molar-refractivity contribution in [3.8, 4) is 17.0 Å². The second-order valence-corrected chi connectivity index (χ2v) is 8.25. The number of alkyl halides is 6. The molecule has 2 heterocycles. The zero-order chi connectivity index (χ0) is 26.7. The van der Waals surface area contributed by atoms with E-state index < -0.39 is 47.3 Å². The summed E-state index contributed by atoms with van der Waals surface area (Å²) in [4.78, 5) is 24.4. The van der Waals surface area contributed by atoms with E-state index in [4.69, 9.17) is 5.73 Å². The number of ether oxygens (including phenoxy) is 1. The van der Waals surface area contributed by atoms with E-state index in [9.17, 15) is 35.9 Å². The lowest BCUT2D eigenvalue weighted by atomic mass is 9.97. The molecule has 1 aromatic heterocycles. The number of benzene rings is 1. The number of amides is 2. The van der Waals surface area contributed by atoms with Gasteiger partial charge in [-0.2, -0.15) is 13.2 Å².